The number of para-hydroxylation sites is 1. The number of hydrogen-bond donors (Lipinski definition) is 1. The summed E-state index contributed by atoms with van der Waals surface area (Å²) in [5, 5.41) is 9.25. The second-order valence-electron chi connectivity index (χ2n) is 9.48. The number of piperidine rings is 2. The van der Waals surface area contributed by atoms with Crippen molar-refractivity contribution in [2.75, 3.05) is 4.90 Å². The highest BCUT2D eigenvalue weighted by molar-refractivity contribution is 6.03. The molecule has 3 atom stereocenters. The highest BCUT2D eigenvalue weighted by Crippen LogP contribution is 2.41. The minimum absolute atomic E-state index is 0.0966. The van der Waals surface area contributed by atoms with Crippen molar-refractivity contribution in [3.63, 3.8) is 0 Å². The van der Waals surface area contributed by atoms with E-state index in [4.69, 9.17) is 0 Å². The summed E-state index contributed by atoms with van der Waals surface area (Å²) in [4.78, 5) is 28.9. The average Bonchev–Trinajstić information content (AvgIpc) is 2.68. The van der Waals surface area contributed by atoms with Crippen LogP contribution >= 0.6 is 0 Å². The van der Waals surface area contributed by atoms with Crippen molar-refractivity contribution in [1.82, 2.24) is 4.90 Å². The molecule has 0 spiro atoms. The first-order valence-corrected chi connectivity index (χ1v) is 12.0. The molecule has 2 aliphatic heterocycles. The van der Waals surface area contributed by atoms with Gasteiger partial charge in [-0.05, 0) is 50.7 Å². The van der Waals surface area contributed by atoms with Crippen LogP contribution in [0.25, 0.3) is 0 Å². The Bertz CT molecular complexity index is 700. The number of aliphatic carboxylic acids is 1. The third kappa shape index (κ3) is 4.88. The number of amides is 1. The Morgan fingerprint density at radius 3 is 2.00 bits per heavy atom. The Balaban J connectivity index is 1.55. The fourth-order valence-corrected chi connectivity index (χ4v) is 6.29. The summed E-state index contributed by atoms with van der Waals surface area (Å²) in [6.07, 6.45) is 14.6. The second-order valence-corrected chi connectivity index (χ2v) is 9.48. The Morgan fingerprint density at radius 2 is 1.40 bits per heavy atom. The van der Waals surface area contributed by atoms with Crippen LogP contribution < -0.4 is 4.90 Å². The van der Waals surface area contributed by atoms with Crippen LogP contribution in [0.3, 0.4) is 0 Å². The van der Waals surface area contributed by atoms with Crippen LogP contribution in [0.1, 0.15) is 83.5 Å². The third-order valence-corrected chi connectivity index (χ3v) is 7.47. The molecule has 3 fully saturated rings. The van der Waals surface area contributed by atoms with Gasteiger partial charge in [-0.1, -0.05) is 56.7 Å². The van der Waals surface area contributed by atoms with E-state index in [0.29, 0.717) is 18.1 Å². The molecule has 5 heteroatoms. The summed E-state index contributed by atoms with van der Waals surface area (Å²) >= 11 is 0. The molecule has 1 aromatic carbocycles. The highest BCUT2D eigenvalue weighted by atomic mass is 16.4. The van der Waals surface area contributed by atoms with E-state index in [0.717, 1.165) is 18.5 Å². The van der Waals surface area contributed by atoms with Crippen LogP contribution in [0.2, 0.25) is 0 Å². The van der Waals surface area contributed by atoms with Crippen LogP contribution in [0.15, 0.2) is 30.3 Å². The van der Waals surface area contributed by atoms with Gasteiger partial charge in [-0.3, -0.25) is 14.5 Å². The van der Waals surface area contributed by atoms with Gasteiger partial charge in [0.15, 0.2) is 0 Å². The molecule has 0 radical (unpaired) electrons. The van der Waals surface area contributed by atoms with Crippen molar-refractivity contribution in [2.45, 2.75) is 108 Å². The number of fused-ring (bicyclic) bond motifs is 2. The van der Waals surface area contributed by atoms with E-state index in [-0.39, 0.29) is 11.9 Å². The monoisotopic (exact) mass is 412 g/mol. The van der Waals surface area contributed by atoms with E-state index < -0.39 is 12.4 Å². The SMILES string of the molecule is O=C(O)CC(=O)N(c1ccccc1)[C@H]1C[C@H]2CCC[C@@H](C1)N2C1CCCCCCC1. The minimum atomic E-state index is -1.05. The van der Waals surface area contributed by atoms with Crippen molar-refractivity contribution < 1.29 is 14.7 Å². The number of nitrogens with zero attached hydrogens (tertiary/aromatic N) is 2. The Morgan fingerprint density at radius 1 is 0.833 bits per heavy atom. The molecule has 30 heavy (non-hydrogen) atoms. The smallest absolute Gasteiger partial charge is 0.312 e. The van der Waals surface area contributed by atoms with Gasteiger partial charge in [-0.15, -0.1) is 0 Å². The number of anilines is 1. The molecule has 0 unspecified atom stereocenters. The van der Waals surface area contributed by atoms with E-state index in [9.17, 15) is 14.7 Å². The molecule has 5 nitrogen and oxygen atoms in total. The summed E-state index contributed by atoms with van der Waals surface area (Å²) in [5.41, 5.74) is 0.839. The third-order valence-electron chi connectivity index (χ3n) is 7.47. The number of carbonyl (C=O) groups excluding carboxylic acids is 1. The lowest BCUT2D eigenvalue weighted by Gasteiger charge is -2.54. The van der Waals surface area contributed by atoms with E-state index in [1.165, 1.54) is 64.2 Å². The number of hydrogen-bond acceptors (Lipinski definition) is 3. The number of rotatable bonds is 5. The van der Waals surface area contributed by atoms with Gasteiger partial charge in [-0.2, -0.15) is 0 Å². The molecule has 164 valence electrons. The minimum Gasteiger partial charge on any atom is -0.481 e. The van der Waals surface area contributed by atoms with Gasteiger partial charge < -0.3 is 10.0 Å². The van der Waals surface area contributed by atoms with E-state index in [1.54, 1.807) is 0 Å². The van der Waals surface area contributed by atoms with E-state index in [1.807, 2.05) is 35.2 Å². The topological polar surface area (TPSA) is 60.9 Å². The van der Waals surface area contributed by atoms with Crippen LogP contribution in [-0.4, -0.2) is 46.1 Å². The van der Waals surface area contributed by atoms with Gasteiger partial charge in [0.1, 0.15) is 6.42 Å². The largest absolute Gasteiger partial charge is 0.481 e. The first-order chi connectivity index (χ1) is 14.6. The van der Waals surface area contributed by atoms with Gasteiger partial charge >= 0.3 is 5.97 Å². The number of carboxylic acids is 1. The predicted octanol–water partition coefficient (Wildman–Crippen LogP) is 4.99. The van der Waals surface area contributed by atoms with Crippen LogP contribution in [0, 0.1) is 0 Å². The van der Waals surface area contributed by atoms with Crippen molar-refractivity contribution >= 4 is 17.6 Å². The zero-order chi connectivity index (χ0) is 20.9. The van der Waals surface area contributed by atoms with Gasteiger partial charge in [0.05, 0.1) is 0 Å². The quantitative estimate of drug-likeness (QED) is 0.692. The van der Waals surface area contributed by atoms with Gasteiger partial charge in [0, 0.05) is 29.9 Å². The van der Waals surface area contributed by atoms with Crippen LogP contribution in [0.5, 0.6) is 0 Å². The molecule has 0 aromatic heterocycles. The molecule has 2 saturated heterocycles. The molecule has 2 heterocycles. The first kappa shape index (κ1) is 21.4. The molecule has 1 aliphatic carbocycles. The number of carbonyl (C=O) groups is 2. The van der Waals surface area contributed by atoms with E-state index in [2.05, 4.69) is 4.90 Å². The lowest BCUT2D eigenvalue weighted by molar-refractivity contribution is -0.140. The van der Waals surface area contributed by atoms with Gasteiger partial charge in [0.2, 0.25) is 5.91 Å². The highest BCUT2D eigenvalue weighted by Gasteiger charge is 2.44. The maximum atomic E-state index is 13.0. The molecule has 2 bridgehead atoms. The fourth-order valence-electron chi connectivity index (χ4n) is 6.29. The first-order valence-electron chi connectivity index (χ1n) is 12.0. The molecule has 1 saturated carbocycles. The Labute approximate surface area is 180 Å². The molecule has 4 rings (SSSR count). The standard InChI is InChI=1S/C25H36N2O3/c28-24(18-25(29)30)27(20-12-7-4-8-13-20)23-16-21-14-9-15-22(17-23)26(21)19-10-5-2-1-3-6-11-19/h4,7-8,12-13,19,21-23H,1-3,5-6,9-11,14-18H2,(H,29,30)/t21-,22+,23+. The predicted molar refractivity (Wildman–Crippen MR) is 119 cm³/mol. The number of benzene rings is 1. The normalized spacial score (nSPS) is 28.3. The Hall–Kier alpha value is -1.88. The number of carboxylic acid groups (broad SMARTS) is 1. The van der Waals surface area contributed by atoms with Crippen molar-refractivity contribution in [3.05, 3.63) is 30.3 Å². The van der Waals surface area contributed by atoms with Gasteiger partial charge in [-0.25, -0.2) is 0 Å². The zero-order valence-corrected chi connectivity index (χ0v) is 18.0. The van der Waals surface area contributed by atoms with E-state index >= 15 is 0 Å². The van der Waals surface area contributed by atoms with Crippen molar-refractivity contribution in [3.8, 4) is 0 Å². The maximum Gasteiger partial charge on any atom is 0.312 e. The second kappa shape index (κ2) is 9.95. The lowest BCUT2D eigenvalue weighted by atomic mass is 9.78. The van der Waals surface area contributed by atoms with Gasteiger partial charge in [0.25, 0.3) is 0 Å². The Kier molecular flexibility index (Phi) is 7.08. The molecular weight excluding hydrogens is 376 g/mol. The maximum absolute atomic E-state index is 13.0. The van der Waals surface area contributed by atoms with Crippen LogP contribution in [-0.2, 0) is 9.59 Å². The van der Waals surface area contributed by atoms with Crippen LogP contribution in [0.4, 0.5) is 5.69 Å². The lowest BCUT2D eigenvalue weighted by Crippen LogP contribution is -2.61. The summed E-state index contributed by atoms with van der Waals surface area (Å²) in [6, 6.07) is 11.5. The molecule has 3 aliphatic rings. The zero-order valence-electron chi connectivity index (χ0n) is 18.0. The molecule has 1 N–H and O–H groups in total. The summed E-state index contributed by atoms with van der Waals surface area (Å²) in [6.45, 7) is 0. The summed E-state index contributed by atoms with van der Waals surface area (Å²) in [7, 11) is 0. The molecular formula is C25H36N2O3. The summed E-state index contributed by atoms with van der Waals surface area (Å²) < 4.78 is 0. The summed E-state index contributed by atoms with van der Waals surface area (Å²) in [5.74, 6) is -1.33. The van der Waals surface area contributed by atoms with Crippen molar-refractivity contribution in [1.29, 1.82) is 0 Å². The fraction of sp³-hybridized carbons (Fsp3) is 0.680. The van der Waals surface area contributed by atoms with Crippen molar-refractivity contribution in [2.24, 2.45) is 0 Å². The average molecular weight is 413 g/mol. The molecule has 1 amide bonds. The molecule has 1 aromatic rings.